The number of hydrogen-bond donors (Lipinski definition) is 0. The standard InChI is InChI=1S/C40H46ClF2N5O5/c1-39(2,3)53-38(49)48-26-10-11-27(48)21-46(15-12-26)36-31-18-32(41)33(30-17-28(52-23-50-4)16-24-8-5-6-9-29(24)30)34(43)35(31)44-37(45-36)51-22-40-13-7-14-47(40)20-25(42)19-40/h5-6,8-9,16-18,25-27H,7,10-15,19-23H2,1-4H3/t25-,26-,27+,40-/m1/s1. The number of alkyl halides is 1. The summed E-state index contributed by atoms with van der Waals surface area (Å²) in [5, 5.41) is 2.26. The Morgan fingerprint density at radius 1 is 1.02 bits per heavy atom. The van der Waals surface area contributed by atoms with E-state index in [1.807, 2.05) is 56.0 Å². The minimum absolute atomic E-state index is 0.0138. The van der Waals surface area contributed by atoms with E-state index in [-0.39, 0.29) is 53.7 Å². The molecule has 2 bridgehead atoms. The van der Waals surface area contributed by atoms with Gasteiger partial charge in [0.15, 0.2) is 12.6 Å². The molecule has 4 fully saturated rings. The predicted octanol–water partition coefficient (Wildman–Crippen LogP) is 8.16. The molecule has 10 nitrogen and oxygen atoms in total. The fourth-order valence-corrected chi connectivity index (χ4v) is 9.23. The molecule has 4 aliphatic heterocycles. The first kappa shape index (κ1) is 36.0. The molecule has 0 spiro atoms. The third-order valence-electron chi connectivity index (χ3n) is 11.2. The average molecular weight is 750 g/mol. The first-order valence-corrected chi connectivity index (χ1v) is 18.9. The SMILES string of the molecule is COCOc1cc(-c2c(Cl)cc3c(N4CC[C@H]5CC[C@@H](C4)N5C(=O)OC(C)(C)C)nc(OC[C@]45CCCN4C[C@H](F)C5)nc3c2F)c2ccccc2c1. The van der Waals surface area contributed by atoms with E-state index in [0.29, 0.717) is 55.0 Å². The molecule has 8 rings (SSSR count). The fourth-order valence-electron chi connectivity index (χ4n) is 8.94. The van der Waals surface area contributed by atoms with Gasteiger partial charge in [-0.2, -0.15) is 9.97 Å². The Balaban J connectivity index is 1.23. The number of rotatable bonds is 8. The molecule has 3 aromatic carbocycles. The van der Waals surface area contributed by atoms with Crippen molar-refractivity contribution in [3.05, 3.63) is 53.3 Å². The van der Waals surface area contributed by atoms with Gasteiger partial charge >= 0.3 is 12.1 Å². The second-order valence-electron chi connectivity index (χ2n) is 15.9. The van der Waals surface area contributed by atoms with Crippen molar-refractivity contribution in [2.75, 3.05) is 51.6 Å². The lowest BCUT2D eigenvalue weighted by molar-refractivity contribution is 0.0163. The van der Waals surface area contributed by atoms with E-state index in [0.717, 1.165) is 43.0 Å². The van der Waals surface area contributed by atoms with Gasteiger partial charge in [0, 0.05) is 50.2 Å². The highest BCUT2D eigenvalue weighted by Crippen LogP contribution is 2.45. The maximum absolute atomic E-state index is 17.4. The number of benzene rings is 3. The number of nitrogens with zero attached hydrogens (tertiary/aromatic N) is 5. The molecule has 0 N–H and O–H groups in total. The molecular weight excluding hydrogens is 704 g/mol. The topological polar surface area (TPSA) is 89.5 Å². The summed E-state index contributed by atoms with van der Waals surface area (Å²) < 4.78 is 55.2. The van der Waals surface area contributed by atoms with Crippen molar-refractivity contribution in [2.24, 2.45) is 0 Å². The number of aromatic nitrogens is 2. The van der Waals surface area contributed by atoms with Crippen LogP contribution in [-0.2, 0) is 9.47 Å². The number of carbonyl (C=O) groups is 1. The van der Waals surface area contributed by atoms with E-state index in [4.69, 9.17) is 40.5 Å². The molecule has 0 saturated carbocycles. The van der Waals surface area contributed by atoms with Crippen molar-refractivity contribution in [2.45, 2.75) is 88.7 Å². The van der Waals surface area contributed by atoms with E-state index < -0.39 is 23.1 Å². The van der Waals surface area contributed by atoms with Crippen LogP contribution in [0, 0.1) is 5.82 Å². The number of hydrogen-bond acceptors (Lipinski definition) is 9. The lowest BCUT2D eigenvalue weighted by Gasteiger charge is -2.32. The predicted molar refractivity (Wildman–Crippen MR) is 200 cm³/mol. The van der Waals surface area contributed by atoms with Crippen LogP contribution in [0.15, 0.2) is 42.5 Å². The minimum atomic E-state index is -0.923. The second-order valence-corrected chi connectivity index (χ2v) is 16.3. The number of anilines is 1. The van der Waals surface area contributed by atoms with Crippen LogP contribution in [-0.4, -0.2) is 102 Å². The van der Waals surface area contributed by atoms with E-state index in [1.165, 1.54) is 7.11 Å². The highest BCUT2D eigenvalue weighted by atomic mass is 35.5. The summed E-state index contributed by atoms with van der Waals surface area (Å²) in [6.07, 6.45) is 3.28. The quantitative estimate of drug-likeness (QED) is 0.166. The number of fused-ring (bicyclic) bond motifs is 5. The van der Waals surface area contributed by atoms with Gasteiger partial charge in [-0.1, -0.05) is 35.9 Å². The van der Waals surface area contributed by atoms with Crippen LogP contribution >= 0.6 is 11.6 Å². The molecule has 1 amide bonds. The third-order valence-corrected chi connectivity index (χ3v) is 11.5. The molecule has 4 aliphatic rings. The van der Waals surface area contributed by atoms with Gasteiger partial charge in [0.1, 0.15) is 35.5 Å². The molecule has 282 valence electrons. The van der Waals surface area contributed by atoms with Crippen LogP contribution < -0.4 is 14.4 Å². The van der Waals surface area contributed by atoms with Crippen LogP contribution in [0.2, 0.25) is 5.02 Å². The lowest BCUT2D eigenvalue weighted by atomic mass is 9.95. The molecule has 0 radical (unpaired) electrons. The summed E-state index contributed by atoms with van der Waals surface area (Å²) in [6.45, 7) is 8.05. The van der Waals surface area contributed by atoms with Crippen molar-refractivity contribution in [1.82, 2.24) is 19.8 Å². The van der Waals surface area contributed by atoms with Crippen molar-refractivity contribution in [3.8, 4) is 22.9 Å². The van der Waals surface area contributed by atoms with Crippen molar-refractivity contribution in [1.29, 1.82) is 0 Å². The van der Waals surface area contributed by atoms with Crippen LogP contribution in [0.3, 0.4) is 0 Å². The highest BCUT2D eigenvalue weighted by Gasteiger charge is 2.49. The molecule has 4 aromatic rings. The minimum Gasteiger partial charge on any atom is -0.468 e. The molecule has 5 heterocycles. The van der Waals surface area contributed by atoms with Crippen molar-refractivity contribution < 1.29 is 32.5 Å². The second kappa shape index (κ2) is 14.0. The average Bonchev–Trinajstić information content (AvgIpc) is 3.74. The summed E-state index contributed by atoms with van der Waals surface area (Å²) in [4.78, 5) is 29.2. The molecule has 4 saturated heterocycles. The zero-order valence-corrected chi connectivity index (χ0v) is 31.4. The summed E-state index contributed by atoms with van der Waals surface area (Å²) in [5.41, 5.74) is -0.289. The largest absolute Gasteiger partial charge is 0.468 e. The van der Waals surface area contributed by atoms with Gasteiger partial charge in [-0.05, 0) is 94.0 Å². The normalized spacial score (nSPS) is 24.5. The van der Waals surface area contributed by atoms with Gasteiger partial charge in [0.05, 0.1) is 16.6 Å². The third kappa shape index (κ3) is 6.82. The molecule has 13 heteroatoms. The summed E-state index contributed by atoms with van der Waals surface area (Å²) >= 11 is 7.07. The molecule has 1 aromatic heterocycles. The van der Waals surface area contributed by atoms with Gasteiger partial charge in [-0.25, -0.2) is 13.6 Å². The molecule has 0 aliphatic carbocycles. The Hall–Kier alpha value is -4.00. The number of ether oxygens (including phenoxy) is 4. The van der Waals surface area contributed by atoms with Crippen LogP contribution in [0.4, 0.5) is 19.4 Å². The lowest BCUT2D eigenvalue weighted by Crippen LogP contribution is -2.45. The molecular formula is C40H46ClF2N5O5. The zero-order valence-electron chi connectivity index (χ0n) is 30.7. The Bertz CT molecular complexity index is 2050. The highest BCUT2D eigenvalue weighted by molar-refractivity contribution is 6.35. The Kier molecular flexibility index (Phi) is 9.52. The molecule has 4 atom stereocenters. The first-order chi connectivity index (χ1) is 25.4. The Morgan fingerprint density at radius 2 is 1.83 bits per heavy atom. The maximum Gasteiger partial charge on any atom is 0.410 e. The first-order valence-electron chi connectivity index (χ1n) is 18.6. The number of methoxy groups -OCH3 is 1. The zero-order chi connectivity index (χ0) is 37.1. The van der Waals surface area contributed by atoms with Gasteiger partial charge in [-0.15, -0.1) is 0 Å². The Morgan fingerprint density at radius 3 is 2.64 bits per heavy atom. The number of carbonyl (C=O) groups excluding carboxylic acids is 1. The maximum atomic E-state index is 17.4. The molecule has 0 unspecified atom stereocenters. The summed E-state index contributed by atoms with van der Waals surface area (Å²) in [5.74, 6) is 0.361. The van der Waals surface area contributed by atoms with Crippen LogP contribution in [0.1, 0.15) is 59.3 Å². The summed E-state index contributed by atoms with van der Waals surface area (Å²) in [6, 6.07) is 12.9. The van der Waals surface area contributed by atoms with E-state index in [9.17, 15) is 9.18 Å². The van der Waals surface area contributed by atoms with E-state index >= 15 is 4.39 Å². The van der Waals surface area contributed by atoms with Gasteiger partial charge < -0.3 is 28.7 Å². The van der Waals surface area contributed by atoms with Crippen LogP contribution in [0.5, 0.6) is 11.8 Å². The van der Waals surface area contributed by atoms with Crippen molar-refractivity contribution in [3.63, 3.8) is 0 Å². The van der Waals surface area contributed by atoms with Gasteiger partial charge in [-0.3, -0.25) is 4.90 Å². The number of halogens is 3. The smallest absolute Gasteiger partial charge is 0.410 e. The number of amides is 1. The van der Waals surface area contributed by atoms with E-state index in [2.05, 4.69) is 9.80 Å². The van der Waals surface area contributed by atoms with Gasteiger partial charge in [0.2, 0.25) is 0 Å². The van der Waals surface area contributed by atoms with Crippen molar-refractivity contribution >= 4 is 45.2 Å². The fraction of sp³-hybridized carbons (Fsp3) is 0.525. The Labute approximate surface area is 313 Å². The van der Waals surface area contributed by atoms with Crippen LogP contribution in [0.25, 0.3) is 32.8 Å². The molecule has 53 heavy (non-hydrogen) atoms. The monoisotopic (exact) mass is 749 g/mol. The van der Waals surface area contributed by atoms with Gasteiger partial charge in [0.25, 0.3) is 0 Å². The summed E-state index contributed by atoms with van der Waals surface area (Å²) in [7, 11) is 1.54. The van der Waals surface area contributed by atoms with E-state index in [1.54, 1.807) is 12.1 Å².